The summed E-state index contributed by atoms with van der Waals surface area (Å²) in [7, 11) is 0. The minimum atomic E-state index is -1.88. The summed E-state index contributed by atoms with van der Waals surface area (Å²) < 4.78 is 23.7. The van der Waals surface area contributed by atoms with Crippen LogP contribution in [-0.2, 0) is 33.3 Å². The highest BCUT2D eigenvalue weighted by atomic mass is 16.8. The highest BCUT2D eigenvalue weighted by molar-refractivity contribution is 5.88. The van der Waals surface area contributed by atoms with E-state index in [1.54, 1.807) is 6.92 Å². The van der Waals surface area contributed by atoms with Crippen LogP contribution in [0.3, 0.4) is 0 Å². The van der Waals surface area contributed by atoms with Crippen LogP contribution in [0.5, 0.6) is 0 Å². The lowest BCUT2D eigenvalue weighted by atomic mass is 9.41. The maximum atomic E-state index is 13.9. The van der Waals surface area contributed by atoms with E-state index >= 15 is 0 Å². The van der Waals surface area contributed by atoms with Gasteiger partial charge in [0.2, 0.25) is 5.79 Å². The van der Waals surface area contributed by atoms with Crippen molar-refractivity contribution in [2.24, 2.45) is 57.7 Å². The molecule has 3 saturated heterocycles. The topological polar surface area (TPSA) is 176 Å². The van der Waals surface area contributed by atoms with Crippen molar-refractivity contribution in [1.29, 1.82) is 0 Å². The van der Waals surface area contributed by atoms with Crippen molar-refractivity contribution in [3.05, 3.63) is 0 Å². The molecule has 0 aromatic carbocycles. The Balaban J connectivity index is 1.32. The zero-order chi connectivity index (χ0) is 29.6. The average molecular weight is 577 g/mol. The minimum absolute atomic E-state index is 0.216. The third-order valence-electron chi connectivity index (χ3n) is 14.2. The molecule has 11 heteroatoms. The Morgan fingerprint density at radius 3 is 2.34 bits per heavy atom. The van der Waals surface area contributed by atoms with Crippen LogP contribution in [0.15, 0.2) is 0 Å². The molecule has 5 saturated carbocycles. The van der Waals surface area contributed by atoms with Gasteiger partial charge in [-0.2, -0.15) is 0 Å². The molecule has 11 nitrogen and oxygen atoms in total. The maximum absolute atomic E-state index is 13.9. The molecule has 0 amide bonds. The number of hydrogen-bond acceptors (Lipinski definition) is 11. The highest BCUT2D eigenvalue weighted by Crippen LogP contribution is 2.80. The second-order valence-electron chi connectivity index (χ2n) is 15.3. The van der Waals surface area contributed by atoms with E-state index in [1.807, 2.05) is 20.8 Å². The number of aliphatic hydroxyl groups excluding tert-OH is 3. The summed E-state index contributed by atoms with van der Waals surface area (Å²) >= 11 is 0. The normalized spacial score (nSPS) is 66.3. The zero-order valence-corrected chi connectivity index (χ0v) is 24.1. The van der Waals surface area contributed by atoms with Gasteiger partial charge in [0.1, 0.15) is 24.4 Å². The van der Waals surface area contributed by atoms with Crippen LogP contribution in [0, 0.1) is 57.7 Å². The number of carbonyl (C=O) groups is 3. The Bertz CT molecular complexity index is 1280. The van der Waals surface area contributed by atoms with Crippen molar-refractivity contribution in [3.8, 4) is 0 Å². The van der Waals surface area contributed by atoms with E-state index < -0.39 is 106 Å². The van der Waals surface area contributed by atoms with Gasteiger partial charge < -0.3 is 39.4 Å². The Morgan fingerprint density at radius 2 is 1.68 bits per heavy atom. The highest BCUT2D eigenvalue weighted by Gasteiger charge is 2.91. The lowest BCUT2D eigenvalue weighted by Gasteiger charge is -2.64. The first kappa shape index (κ1) is 27.0. The fourth-order valence-corrected chi connectivity index (χ4v) is 12.2. The van der Waals surface area contributed by atoms with Gasteiger partial charge in [-0.15, -0.1) is 0 Å². The minimum Gasteiger partial charge on any atom is -0.459 e. The van der Waals surface area contributed by atoms with Gasteiger partial charge in [-0.3, -0.25) is 9.59 Å². The lowest BCUT2D eigenvalue weighted by Crippen LogP contribution is -2.73. The van der Waals surface area contributed by atoms with Gasteiger partial charge >= 0.3 is 11.9 Å². The van der Waals surface area contributed by atoms with Gasteiger partial charge in [0.05, 0.1) is 23.7 Å². The van der Waals surface area contributed by atoms with Gasteiger partial charge in [-0.25, -0.2) is 4.79 Å². The third kappa shape index (κ3) is 2.58. The number of ketones is 1. The summed E-state index contributed by atoms with van der Waals surface area (Å²) in [5, 5.41) is 47.3. The summed E-state index contributed by atoms with van der Waals surface area (Å²) in [5.41, 5.74) is -5.12. The largest absolute Gasteiger partial charge is 0.459 e. The second kappa shape index (κ2) is 7.35. The molecule has 1 spiro atoms. The molecule has 41 heavy (non-hydrogen) atoms. The zero-order valence-electron chi connectivity index (χ0n) is 24.1. The molecular weight excluding hydrogens is 536 g/mol. The predicted molar refractivity (Wildman–Crippen MR) is 135 cm³/mol. The summed E-state index contributed by atoms with van der Waals surface area (Å²) in [5.74, 6) is -6.59. The van der Waals surface area contributed by atoms with Crippen LogP contribution in [0.4, 0.5) is 0 Å². The monoisotopic (exact) mass is 576 g/mol. The number of esters is 2. The van der Waals surface area contributed by atoms with E-state index in [0.717, 1.165) is 0 Å². The maximum Gasteiger partial charge on any atom is 0.341 e. The van der Waals surface area contributed by atoms with Crippen LogP contribution in [0.2, 0.25) is 0 Å². The van der Waals surface area contributed by atoms with Gasteiger partial charge in [0, 0.05) is 35.5 Å². The molecule has 0 aromatic heterocycles. The third-order valence-corrected chi connectivity index (χ3v) is 14.2. The number of epoxide rings is 2. The molecule has 0 bridgehead atoms. The quantitative estimate of drug-likeness (QED) is 0.243. The molecule has 8 rings (SSSR count). The predicted octanol–water partition coefficient (Wildman–Crippen LogP) is -0.0594. The summed E-state index contributed by atoms with van der Waals surface area (Å²) in [6.07, 6.45) is -5.23. The molecule has 3 aliphatic heterocycles. The van der Waals surface area contributed by atoms with Crippen molar-refractivity contribution in [3.63, 3.8) is 0 Å². The first-order valence-electron chi connectivity index (χ1n) is 15.1. The molecule has 0 radical (unpaired) electrons. The standard InChI is InChI=1S/C30H40O11/c1-9-16-12(28(5)29(6,37)25(36)41-30(28)23(9)40-30)7-11-15-17(20(34)24(27(11,16)4)38-10(2)31)26(3)13(18(32)19(15)33)8-14-21(39-14)22(26)35/h9,11-17,19-24,33-35,37H,7-8H2,1-6H3/t9?,11-,12+,13+,14-,15-,16-,17+,19+,20?,21-,22?,23?,24?,26-,27-,28-,29+,30?/m0/s1. The smallest absolute Gasteiger partial charge is 0.341 e. The Morgan fingerprint density at radius 1 is 1.00 bits per heavy atom. The molecular formula is C30H40O11. The van der Waals surface area contributed by atoms with Crippen LogP contribution in [-0.4, -0.2) is 92.3 Å². The number of fused-ring (bicyclic) bond motifs is 9. The lowest BCUT2D eigenvalue weighted by molar-refractivity contribution is -0.263. The Hall–Kier alpha value is -1.63. The Kier molecular flexibility index (Phi) is 4.83. The Labute approximate surface area is 237 Å². The molecule has 0 aromatic rings. The summed E-state index contributed by atoms with van der Waals surface area (Å²) in [6.45, 7) is 10.3. The van der Waals surface area contributed by atoms with E-state index in [1.165, 1.54) is 13.8 Å². The summed E-state index contributed by atoms with van der Waals surface area (Å²) in [4.78, 5) is 39.6. The molecule has 8 aliphatic rings. The fourth-order valence-electron chi connectivity index (χ4n) is 12.2. The number of Topliss-reactive ketones (excluding diaryl/α,β-unsaturated/α-hetero) is 1. The van der Waals surface area contributed by atoms with Gasteiger partial charge in [-0.1, -0.05) is 20.8 Å². The van der Waals surface area contributed by atoms with E-state index in [2.05, 4.69) is 0 Å². The molecule has 8 fully saturated rings. The van der Waals surface area contributed by atoms with E-state index in [4.69, 9.17) is 18.9 Å². The van der Waals surface area contributed by atoms with Gasteiger partial charge in [0.25, 0.3) is 0 Å². The average Bonchev–Trinajstić information content (AvgIpc) is 3.79. The molecule has 3 heterocycles. The van der Waals surface area contributed by atoms with Gasteiger partial charge in [0.15, 0.2) is 11.4 Å². The molecule has 6 unspecified atom stereocenters. The number of ether oxygens (including phenoxy) is 4. The van der Waals surface area contributed by atoms with Crippen molar-refractivity contribution in [2.45, 2.75) is 108 Å². The molecule has 226 valence electrons. The number of rotatable bonds is 1. The summed E-state index contributed by atoms with van der Waals surface area (Å²) in [6, 6.07) is 0. The first-order chi connectivity index (χ1) is 19.0. The number of carbonyl (C=O) groups excluding carboxylic acids is 3. The van der Waals surface area contributed by atoms with Crippen LogP contribution >= 0.6 is 0 Å². The van der Waals surface area contributed by atoms with E-state index in [-0.39, 0.29) is 23.7 Å². The fraction of sp³-hybridized carbons (Fsp3) is 0.900. The van der Waals surface area contributed by atoms with Gasteiger partial charge in [-0.05, 0) is 50.4 Å². The van der Waals surface area contributed by atoms with Crippen molar-refractivity contribution >= 4 is 17.7 Å². The van der Waals surface area contributed by atoms with Crippen LogP contribution < -0.4 is 0 Å². The number of aliphatic hydroxyl groups is 4. The second-order valence-corrected chi connectivity index (χ2v) is 15.3. The van der Waals surface area contributed by atoms with E-state index in [0.29, 0.717) is 12.8 Å². The number of hydrogen-bond donors (Lipinski definition) is 4. The van der Waals surface area contributed by atoms with Crippen molar-refractivity contribution in [1.82, 2.24) is 0 Å². The first-order valence-corrected chi connectivity index (χ1v) is 15.1. The molecule has 5 aliphatic carbocycles. The van der Waals surface area contributed by atoms with Crippen LogP contribution in [0.1, 0.15) is 54.4 Å². The van der Waals surface area contributed by atoms with Crippen LogP contribution in [0.25, 0.3) is 0 Å². The van der Waals surface area contributed by atoms with E-state index in [9.17, 15) is 34.8 Å². The SMILES string of the molecule is CC(=O)OC1C(O)[C@H]2[C@@H]([C@@H](O)C(=O)[C@H]3C[C@@H]4O[C@@H]4C(O)[C@@]32C)[C@@H]2C[C@@H]3[C@H](C(C)C4OC45OC(=O)[C@@](C)(O)[C@]35C)[C@@]12C. The van der Waals surface area contributed by atoms with Crippen molar-refractivity contribution < 1.29 is 53.8 Å². The molecule has 19 atom stereocenters. The van der Waals surface area contributed by atoms with Crippen molar-refractivity contribution in [2.75, 3.05) is 0 Å². The molecule has 4 N–H and O–H groups in total.